The van der Waals surface area contributed by atoms with Crippen LogP contribution in [0.25, 0.3) is 10.9 Å². The molecule has 0 spiro atoms. The van der Waals surface area contributed by atoms with Crippen molar-refractivity contribution in [2.75, 3.05) is 0 Å². The lowest BCUT2D eigenvalue weighted by Gasteiger charge is -2.23. The number of fused-ring (bicyclic) bond motifs is 3. The van der Waals surface area contributed by atoms with Crippen molar-refractivity contribution in [3.05, 3.63) is 107 Å². The zero-order valence-corrected chi connectivity index (χ0v) is 21.0. The summed E-state index contributed by atoms with van der Waals surface area (Å²) in [6.45, 7) is 0.187. The molecule has 5 rings (SSSR count). The van der Waals surface area contributed by atoms with Crippen molar-refractivity contribution in [2.24, 2.45) is 0 Å². The fourth-order valence-electron chi connectivity index (χ4n) is 4.80. The first-order chi connectivity index (χ1) is 16.8. The van der Waals surface area contributed by atoms with Gasteiger partial charge in [-0.3, -0.25) is 14.2 Å². The van der Waals surface area contributed by atoms with Gasteiger partial charge in [0.15, 0.2) is 0 Å². The van der Waals surface area contributed by atoms with Gasteiger partial charge in [-0.15, -0.1) is 0 Å². The number of carbonyl (C=O) groups is 2. The molecule has 0 N–H and O–H groups in total. The quantitative estimate of drug-likeness (QED) is 0.207. The van der Waals surface area contributed by atoms with Crippen molar-refractivity contribution in [3.63, 3.8) is 0 Å². The number of esters is 1. The highest BCUT2D eigenvalue weighted by Gasteiger charge is 2.35. The molecule has 7 heteroatoms. The summed E-state index contributed by atoms with van der Waals surface area (Å²) in [7, 11) is 0. The second-order valence-corrected chi connectivity index (χ2v) is 10.9. The molecular weight excluding hydrogens is 505 g/mol. The average Bonchev–Trinajstić information content (AvgIpc) is 3.21. The van der Waals surface area contributed by atoms with Gasteiger partial charge in [-0.1, -0.05) is 89.4 Å². The SMILES string of the molecule is O=C(OCc1ccccc1)C1CCCc2c1c1cc(C(Cl)(Cl)Cl)ccc1n2C(=O)c1ccccc1. The minimum atomic E-state index is -1.63. The van der Waals surface area contributed by atoms with Crippen molar-refractivity contribution < 1.29 is 14.3 Å². The maximum atomic E-state index is 13.6. The maximum absolute atomic E-state index is 13.6. The molecule has 1 aliphatic rings. The summed E-state index contributed by atoms with van der Waals surface area (Å²) >= 11 is 18.6. The van der Waals surface area contributed by atoms with Crippen LogP contribution in [0.4, 0.5) is 0 Å². The number of hydrogen-bond donors (Lipinski definition) is 0. The van der Waals surface area contributed by atoms with E-state index in [9.17, 15) is 9.59 Å². The normalized spacial score (nSPS) is 15.6. The molecule has 0 saturated carbocycles. The molecule has 0 amide bonds. The summed E-state index contributed by atoms with van der Waals surface area (Å²) in [6.07, 6.45) is 2.04. The van der Waals surface area contributed by atoms with Crippen LogP contribution in [0, 0.1) is 0 Å². The minimum Gasteiger partial charge on any atom is -0.460 e. The molecule has 178 valence electrons. The average molecular weight is 527 g/mol. The maximum Gasteiger partial charge on any atom is 0.313 e. The third-order valence-electron chi connectivity index (χ3n) is 6.42. The third kappa shape index (κ3) is 4.71. The summed E-state index contributed by atoms with van der Waals surface area (Å²) in [5.41, 5.74) is 4.23. The first kappa shape index (κ1) is 23.9. The molecule has 0 bridgehead atoms. The third-order valence-corrected chi connectivity index (χ3v) is 7.08. The van der Waals surface area contributed by atoms with Gasteiger partial charge in [-0.2, -0.15) is 0 Å². The van der Waals surface area contributed by atoms with Crippen molar-refractivity contribution >= 4 is 57.6 Å². The highest BCUT2D eigenvalue weighted by Crippen LogP contribution is 2.44. The summed E-state index contributed by atoms with van der Waals surface area (Å²) < 4.78 is 5.79. The first-order valence-corrected chi connectivity index (χ1v) is 12.5. The molecule has 4 nitrogen and oxygen atoms in total. The van der Waals surface area contributed by atoms with E-state index in [0.29, 0.717) is 29.5 Å². The number of alkyl halides is 3. The van der Waals surface area contributed by atoms with Gasteiger partial charge in [-0.05, 0) is 54.7 Å². The van der Waals surface area contributed by atoms with Gasteiger partial charge in [0, 0.05) is 22.2 Å². The van der Waals surface area contributed by atoms with E-state index < -0.39 is 9.71 Å². The zero-order chi connectivity index (χ0) is 24.6. The highest BCUT2D eigenvalue weighted by atomic mass is 35.6. The van der Waals surface area contributed by atoms with E-state index in [1.807, 2.05) is 48.5 Å². The molecule has 3 aromatic carbocycles. The number of ether oxygens (including phenoxy) is 1. The van der Waals surface area contributed by atoms with Gasteiger partial charge >= 0.3 is 5.97 Å². The van der Waals surface area contributed by atoms with Crippen LogP contribution in [-0.2, 0) is 26.4 Å². The largest absolute Gasteiger partial charge is 0.460 e. The predicted molar refractivity (Wildman–Crippen MR) is 139 cm³/mol. The predicted octanol–water partition coefficient (Wildman–Crippen LogP) is 7.32. The molecule has 0 radical (unpaired) electrons. The monoisotopic (exact) mass is 525 g/mol. The number of nitrogens with zero attached hydrogens (tertiary/aromatic N) is 1. The molecule has 0 fully saturated rings. The Labute approximate surface area is 218 Å². The molecule has 1 aromatic heterocycles. The molecule has 0 saturated heterocycles. The number of aromatic nitrogens is 1. The fraction of sp³-hybridized carbons (Fsp3) is 0.214. The Hall–Kier alpha value is -2.79. The Balaban J connectivity index is 1.62. The number of benzene rings is 3. The number of carbonyl (C=O) groups excluding carboxylic acids is 2. The van der Waals surface area contributed by atoms with Crippen molar-refractivity contribution in [3.8, 4) is 0 Å². The molecular formula is C28H22Cl3NO3. The van der Waals surface area contributed by atoms with Crippen LogP contribution in [0.3, 0.4) is 0 Å². The van der Waals surface area contributed by atoms with E-state index in [-0.39, 0.29) is 18.5 Å². The lowest BCUT2D eigenvalue weighted by Crippen LogP contribution is -2.23. The topological polar surface area (TPSA) is 48.3 Å². The van der Waals surface area contributed by atoms with Crippen LogP contribution in [-0.4, -0.2) is 16.4 Å². The van der Waals surface area contributed by atoms with Crippen LogP contribution < -0.4 is 0 Å². The zero-order valence-electron chi connectivity index (χ0n) is 18.7. The van der Waals surface area contributed by atoms with E-state index >= 15 is 0 Å². The van der Waals surface area contributed by atoms with Gasteiger partial charge in [0.1, 0.15) is 6.61 Å². The Morgan fingerprint density at radius 3 is 2.31 bits per heavy atom. The molecule has 4 aromatic rings. The van der Waals surface area contributed by atoms with Crippen LogP contribution in [0.1, 0.15) is 51.5 Å². The van der Waals surface area contributed by atoms with Gasteiger partial charge in [0.05, 0.1) is 11.4 Å². The molecule has 1 atom stereocenters. The van der Waals surface area contributed by atoms with E-state index in [1.165, 1.54) is 0 Å². The van der Waals surface area contributed by atoms with Gasteiger partial charge in [0.25, 0.3) is 5.91 Å². The summed E-state index contributed by atoms with van der Waals surface area (Å²) in [6, 6.07) is 23.9. The number of halogens is 3. The Morgan fingerprint density at radius 2 is 1.63 bits per heavy atom. The molecule has 0 aliphatic heterocycles. The highest BCUT2D eigenvalue weighted by molar-refractivity contribution is 6.66. The van der Waals surface area contributed by atoms with Crippen LogP contribution in [0.5, 0.6) is 0 Å². The van der Waals surface area contributed by atoms with Gasteiger partial charge in [0.2, 0.25) is 3.79 Å². The first-order valence-electron chi connectivity index (χ1n) is 11.4. The molecule has 1 heterocycles. The van der Waals surface area contributed by atoms with Crippen LogP contribution in [0.2, 0.25) is 0 Å². The lowest BCUT2D eigenvalue weighted by atomic mass is 9.85. The lowest BCUT2D eigenvalue weighted by molar-refractivity contribution is -0.147. The number of rotatable bonds is 4. The van der Waals surface area contributed by atoms with Gasteiger partial charge < -0.3 is 4.74 Å². The summed E-state index contributed by atoms with van der Waals surface area (Å²) in [5, 5.41) is 0.731. The van der Waals surface area contributed by atoms with Crippen molar-refractivity contribution in [2.45, 2.75) is 35.6 Å². The standard InChI is InChI=1S/C28H22Cl3NO3/c29-28(30,31)20-14-15-23-22(16-20)25-21(27(34)35-17-18-8-3-1-4-9-18)12-7-13-24(25)32(23)26(33)19-10-5-2-6-11-19/h1-6,8-11,14-16,21H,7,12-13,17H2. The second kappa shape index (κ2) is 9.69. The summed E-state index contributed by atoms with van der Waals surface area (Å²) in [5.74, 6) is -0.988. The van der Waals surface area contributed by atoms with Crippen molar-refractivity contribution in [1.82, 2.24) is 4.57 Å². The Bertz CT molecular complexity index is 1390. The molecule has 1 unspecified atom stereocenters. The minimum absolute atomic E-state index is 0.156. The van der Waals surface area contributed by atoms with Crippen LogP contribution >= 0.6 is 34.8 Å². The van der Waals surface area contributed by atoms with Crippen molar-refractivity contribution in [1.29, 1.82) is 0 Å². The smallest absolute Gasteiger partial charge is 0.313 e. The number of hydrogen-bond acceptors (Lipinski definition) is 3. The fourth-order valence-corrected chi connectivity index (χ4v) is 5.16. The van der Waals surface area contributed by atoms with E-state index in [1.54, 1.807) is 34.9 Å². The molecule has 1 aliphatic carbocycles. The Kier molecular flexibility index (Phi) is 6.63. The van der Waals surface area contributed by atoms with E-state index in [2.05, 4.69) is 0 Å². The van der Waals surface area contributed by atoms with E-state index in [0.717, 1.165) is 28.6 Å². The van der Waals surface area contributed by atoms with E-state index in [4.69, 9.17) is 39.5 Å². The van der Waals surface area contributed by atoms with Gasteiger partial charge in [-0.25, -0.2) is 0 Å². The Morgan fingerprint density at radius 1 is 0.943 bits per heavy atom. The van der Waals surface area contributed by atoms with Crippen LogP contribution in [0.15, 0.2) is 78.9 Å². The summed E-state index contributed by atoms with van der Waals surface area (Å²) in [4.78, 5) is 26.9. The molecule has 35 heavy (non-hydrogen) atoms. The second-order valence-electron chi connectivity index (χ2n) is 8.63.